The second-order valence-corrected chi connectivity index (χ2v) is 3.96. The summed E-state index contributed by atoms with van der Waals surface area (Å²) < 4.78 is 5.27. The molecule has 18 heavy (non-hydrogen) atoms. The van der Waals surface area contributed by atoms with E-state index in [0.717, 1.165) is 11.5 Å². The number of nitrogens with zero attached hydrogens (tertiary/aromatic N) is 1. The largest absolute Gasteiger partial charge is 0.478 e. The molecule has 94 valence electrons. The van der Waals surface area contributed by atoms with Crippen LogP contribution in [0, 0.1) is 0 Å². The SMILES string of the molecule is C[C@H](NCc1ccc(C(=O)O)cn1)c1ccco1. The number of nitrogens with one attached hydrogen (secondary N) is 1. The zero-order chi connectivity index (χ0) is 13.0. The number of aromatic nitrogens is 1. The first kappa shape index (κ1) is 12.3. The second kappa shape index (κ2) is 5.46. The van der Waals surface area contributed by atoms with Crippen LogP contribution >= 0.6 is 0 Å². The third kappa shape index (κ3) is 2.95. The van der Waals surface area contributed by atoms with Gasteiger partial charge in [-0.3, -0.25) is 4.98 Å². The lowest BCUT2D eigenvalue weighted by Crippen LogP contribution is -2.18. The van der Waals surface area contributed by atoms with Crippen LogP contribution in [0.4, 0.5) is 0 Å². The Balaban J connectivity index is 1.92. The van der Waals surface area contributed by atoms with E-state index in [-0.39, 0.29) is 11.6 Å². The van der Waals surface area contributed by atoms with Crippen molar-refractivity contribution in [3.05, 3.63) is 53.7 Å². The van der Waals surface area contributed by atoms with Crippen LogP contribution in [-0.4, -0.2) is 16.1 Å². The van der Waals surface area contributed by atoms with Crippen LogP contribution in [0.3, 0.4) is 0 Å². The van der Waals surface area contributed by atoms with Crippen molar-refractivity contribution >= 4 is 5.97 Å². The Morgan fingerprint density at radius 2 is 2.33 bits per heavy atom. The number of rotatable bonds is 5. The maximum atomic E-state index is 10.7. The Morgan fingerprint density at radius 1 is 1.50 bits per heavy atom. The normalized spacial score (nSPS) is 12.3. The van der Waals surface area contributed by atoms with Crippen LogP contribution in [0.2, 0.25) is 0 Å². The standard InChI is InChI=1S/C13H14N2O3/c1-9(12-3-2-6-18-12)14-8-11-5-4-10(7-15-11)13(16)17/h2-7,9,14H,8H2,1H3,(H,16,17)/t9-/m0/s1. The molecule has 5 heteroatoms. The van der Waals surface area contributed by atoms with Crippen LogP contribution in [0.5, 0.6) is 0 Å². The number of carboxylic acids is 1. The predicted molar refractivity (Wildman–Crippen MR) is 65.2 cm³/mol. The summed E-state index contributed by atoms with van der Waals surface area (Å²) in [4.78, 5) is 14.7. The summed E-state index contributed by atoms with van der Waals surface area (Å²) in [7, 11) is 0. The number of carbonyl (C=O) groups is 1. The number of aromatic carboxylic acids is 1. The average Bonchev–Trinajstić information content (AvgIpc) is 2.90. The van der Waals surface area contributed by atoms with Gasteiger partial charge in [0.1, 0.15) is 5.76 Å². The molecular weight excluding hydrogens is 232 g/mol. The molecule has 0 aliphatic heterocycles. The second-order valence-electron chi connectivity index (χ2n) is 3.96. The van der Waals surface area contributed by atoms with Crippen molar-refractivity contribution < 1.29 is 14.3 Å². The van der Waals surface area contributed by atoms with Crippen LogP contribution < -0.4 is 5.32 Å². The van der Waals surface area contributed by atoms with Gasteiger partial charge < -0.3 is 14.8 Å². The highest BCUT2D eigenvalue weighted by molar-refractivity contribution is 5.87. The third-order valence-corrected chi connectivity index (χ3v) is 2.63. The van der Waals surface area contributed by atoms with Crippen molar-refractivity contribution in [2.75, 3.05) is 0 Å². The molecule has 5 nitrogen and oxygen atoms in total. The summed E-state index contributed by atoms with van der Waals surface area (Å²) in [5.41, 5.74) is 0.983. The molecule has 2 N–H and O–H groups in total. The molecule has 2 rings (SSSR count). The topological polar surface area (TPSA) is 75.4 Å². The number of hydrogen-bond acceptors (Lipinski definition) is 4. The zero-order valence-electron chi connectivity index (χ0n) is 9.96. The molecule has 0 fully saturated rings. The van der Waals surface area contributed by atoms with Gasteiger partial charge in [-0.2, -0.15) is 0 Å². The van der Waals surface area contributed by atoms with Crippen molar-refractivity contribution in [1.29, 1.82) is 0 Å². The summed E-state index contributed by atoms with van der Waals surface area (Å²) in [6, 6.07) is 7.07. The van der Waals surface area contributed by atoms with E-state index in [9.17, 15) is 4.79 Å². The Hall–Kier alpha value is -2.14. The van der Waals surface area contributed by atoms with E-state index in [1.807, 2.05) is 19.1 Å². The Kier molecular flexibility index (Phi) is 3.74. The van der Waals surface area contributed by atoms with Gasteiger partial charge in [0, 0.05) is 12.7 Å². The monoisotopic (exact) mass is 246 g/mol. The van der Waals surface area contributed by atoms with E-state index in [4.69, 9.17) is 9.52 Å². The highest BCUT2D eigenvalue weighted by Gasteiger charge is 2.08. The molecule has 2 aromatic rings. The summed E-state index contributed by atoms with van der Waals surface area (Å²) in [5, 5.41) is 12.0. The molecule has 2 heterocycles. The smallest absolute Gasteiger partial charge is 0.337 e. The molecular formula is C13H14N2O3. The molecule has 0 bridgehead atoms. The first-order chi connectivity index (χ1) is 8.66. The summed E-state index contributed by atoms with van der Waals surface area (Å²) in [6.45, 7) is 2.55. The molecule has 2 aromatic heterocycles. The van der Waals surface area contributed by atoms with Crippen molar-refractivity contribution in [3.8, 4) is 0 Å². The van der Waals surface area contributed by atoms with E-state index in [1.165, 1.54) is 6.20 Å². The van der Waals surface area contributed by atoms with Gasteiger partial charge in [0.15, 0.2) is 0 Å². The third-order valence-electron chi connectivity index (χ3n) is 2.63. The molecule has 0 saturated carbocycles. The Morgan fingerprint density at radius 3 is 2.89 bits per heavy atom. The molecule has 0 amide bonds. The maximum absolute atomic E-state index is 10.7. The minimum atomic E-state index is -0.967. The lowest BCUT2D eigenvalue weighted by Gasteiger charge is -2.10. The molecule has 0 aliphatic rings. The number of pyridine rings is 1. The lowest BCUT2D eigenvalue weighted by molar-refractivity contribution is 0.0696. The summed E-state index contributed by atoms with van der Waals surface area (Å²) in [5.74, 6) is -0.108. The Labute approximate surface area is 104 Å². The van der Waals surface area contributed by atoms with Gasteiger partial charge in [0.2, 0.25) is 0 Å². The van der Waals surface area contributed by atoms with Gasteiger partial charge in [-0.05, 0) is 31.2 Å². The Bertz CT molecular complexity index is 506. The van der Waals surface area contributed by atoms with Crippen LogP contribution in [0.25, 0.3) is 0 Å². The van der Waals surface area contributed by atoms with Gasteiger partial charge in [0.05, 0.1) is 23.6 Å². The van der Waals surface area contributed by atoms with E-state index in [2.05, 4.69) is 10.3 Å². The number of carboxylic acid groups (broad SMARTS) is 1. The van der Waals surface area contributed by atoms with Crippen LogP contribution in [0.15, 0.2) is 41.1 Å². The fourth-order valence-electron chi connectivity index (χ4n) is 1.55. The summed E-state index contributed by atoms with van der Waals surface area (Å²) in [6.07, 6.45) is 2.99. The quantitative estimate of drug-likeness (QED) is 0.846. The molecule has 0 saturated heterocycles. The van der Waals surface area contributed by atoms with Gasteiger partial charge in [-0.15, -0.1) is 0 Å². The van der Waals surface area contributed by atoms with Gasteiger partial charge in [-0.25, -0.2) is 4.79 Å². The maximum Gasteiger partial charge on any atom is 0.337 e. The molecule has 0 aliphatic carbocycles. The van der Waals surface area contributed by atoms with Crippen LogP contribution in [-0.2, 0) is 6.54 Å². The number of furan rings is 1. The van der Waals surface area contributed by atoms with E-state index in [0.29, 0.717) is 6.54 Å². The van der Waals surface area contributed by atoms with Crippen molar-refractivity contribution in [1.82, 2.24) is 10.3 Å². The highest BCUT2D eigenvalue weighted by atomic mass is 16.4. The van der Waals surface area contributed by atoms with Crippen molar-refractivity contribution in [3.63, 3.8) is 0 Å². The molecule has 1 atom stereocenters. The zero-order valence-corrected chi connectivity index (χ0v) is 9.96. The fourth-order valence-corrected chi connectivity index (χ4v) is 1.55. The van der Waals surface area contributed by atoms with Crippen molar-refractivity contribution in [2.24, 2.45) is 0 Å². The van der Waals surface area contributed by atoms with E-state index < -0.39 is 5.97 Å². The van der Waals surface area contributed by atoms with Gasteiger partial charge >= 0.3 is 5.97 Å². The summed E-state index contributed by atoms with van der Waals surface area (Å²) >= 11 is 0. The van der Waals surface area contributed by atoms with Crippen molar-refractivity contribution in [2.45, 2.75) is 19.5 Å². The van der Waals surface area contributed by atoms with E-state index in [1.54, 1.807) is 18.4 Å². The average molecular weight is 246 g/mol. The minimum Gasteiger partial charge on any atom is -0.478 e. The first-order valence-corrected chi connectivity index (χ1v) is 5.62. The molecule has 0 radical (unpaired) electrons. The van der Waals surface area contributed by atoms with Gasteiger partial charge in [-0.1, -0.05) is 0 Å². The lowest BCUT2D eigenvalue weighted by atomic mass is 10.2. The molecule has 0 spiro atoms. The molecule has 0 unspecified atom stereocenters. The number of hydrogen-bond donors (Lipinski definition) is 2. The van der Waals surface area contributed by atoms with E-state index >= 15 is 0 Å². The molecule has 0 aromatic carbocycles. The van der Waals surface area contributed by atoms with Gasteiger partial charge in [0.25, 0.3) is 0 Å². The minimum absolute atomic E-state index is 0.0842. The van der Waals surface area contributed by atoms with Crippen LogP contribution in [0.1, 0.15) is 34.8 Å². The predicted octanol–water partition coefficient (Wildman–Crippen LogP) is 2.22. The fraction of sp³-hybridized carbons (Fsp3) is 0.231. The first-order valence-electron chi connectivity index (χ1n) is 5.62. The highest BCUT2D eigenvalue weighted by Crippen LogP contribution is 2.12.